The molecule has 2 aliphatic carbocycles. The number of hydrogen-bond acceptors (Lipinski definition) is 20. The second-order valence-electron chi connectivity index (χ2n) is 20.7. The highest BCUT2D eigenvalue weighted by Crippen LogP contribution is 2.57. The number of esters is 1. The number of methoxy groups -OCH3 is 3. The van der Waals surface area contributed by atoms with Gasteiger partial charge in [-0.25, -0.2) is 0 Å². The zero-order chi connectivity index (χ0) is 48.4. The Kier molecular flexibility index (Phi) is 15.4. The van der Waals surface area contributed by atoms with Crippen molar-refractivity contribution in [2.45, 2.75) is 215 Å². The molecular weight excluding hydrogens is 897 g/mol. The summed E-state index contributed by atoms with van der Waals surface area (Å²) in [6.45, 7) is 9.36. The van der Waals surface area contributed by atoms with Crippen LogP contribution in [0.5, 0.6) is 0 Å². The molecule has 0 aromatic rings. The number of hydrogen-bond donors (Lipinski definition) is 5. The van der Waals surface area contributed by atoms with Crippen molar-refractivity contribution in [3.8, 4) is 0 Å². The van der Waals surface area contributed by atoms with E-state index in [4.69, 9.17) is 66.3 Å². The fraction of sp³-hybridized carbons (Fsp3) is 0.896. The molecule has 0 spiro atoms. The molecule has 0 bridgehead atoms. The van der Waals surface area contributed by atoms with Crippen LogP contribution in [0.1, 0.15) is 86.0 Å². The van der Waals surface area contributed by atoms with Crippen LogP contribution in [0, 0.1) is 23.2 Å². The summed E-state index contributed by atoms with van der Waals surface area (Å²) in [6.07, 6.45) is -7.99. The molecule has 6 saturated heterocycles. The van der Waals surface area contributed by atoms with Crippen LogP contribution < -0.4 is 0 Å². The molecular formula is C48H74O20. The van der Waals surface area contributed by atoms with E-state index < -0.39 is 135 Å². The van der Waals surface area contributed by atoms with Gasteiger partial charge in [0.05, 0.1) is 80.1 Å². The van der Waals surface area contributed by atoms with E-state index in [9.17, 15) is 30.3 Å². The van der Waals surface area contributed by atoms with Gasteiger partial charge >= 0.3 is 5.97 Å². The maximum absolute atomic E-state index is 13.8. The fourth-order valence-electron chi connectivity index (χ4n) is 12.8. The number of allylic oxidation sites excluding steroid dienone is 1. The minimum atomic E-state index is -1.59. The molecule has 9 aliphatic rings. The third kappa shape index (κ3) is 9.58. The molecule has 5 N–H and O–H groups in total. The molecule has 7 fully saturated rings. The van der Waals surface area contributed by atoms with Crippen LogP contribution in [0.4, 0.5) is 0 Å². The van der Waals surface area contributed by atoms with E-state index in [0.717, 1.165) is 18.4 Å². The van der Waals surface area contributed by atoms with Crippen LogP contribution >= 0.6 is 0 Å². The topological polar surface area (TPSA) is 247 Å². The van der Waals surface area contributed by atoms with Crippen LogP contribution in [0.3, 0.4) is 0 Å². The molecule has 386 valence electrons. The molecule has 9 rings (SSSR count). The van der Waals surface area contributed by atoms with Gasteiger partial charge in [-0.1, -0.05) is 18.6 Å². The minimum absolute atomic E-state index is 0.0277. The summed E-state index contributed by atoms with van der Waals surface area (Å²) in [5, 5.41) is 52.5. The Morgan fingerprint density at radius 1 is 0.735 bits per heavy atom. The van der Waals surface area contributed by atoms with Gasteiger partial charge in [-0.2, -0.15) is 0 Å². The zero-order valence-electron chi connectivity index (χ0n) is 40.4. The molecule has 20 heteroatoms. The van der Waals surface area contributed by atoms with E-state index in [-0.39, 0.29) is 36.2 Å². The average Bonchev–Trinajstić information content (AvgIpc) is 3.83. The molecule has 1 saturated carbocycles. The van der Waals surface area contributed by atoms with Crippen molar-refractivity contribution in [3.05, 3.63) is 23.5 Å². The molecule has 0 aromatic heterocycles. The van der Waals surface area contributed by atoms with Crippen molar-refractivity contribution in [2.24, 2.45) is 23.2 Å². The summed E-state index contributed by atoms with van der Waals surface area (Å²) in [5.41, 5.74) is 1.87. The van der Waals surface area contributed by atoms with E-state index in [1.54, 1.807) is 27.4 Å². The van der Waals surface area contributed by atoms with E-state index in [1.165, 1.54) is 12.7 Å². The van der Waals surface area contributed by atoms with Crippen LogP contribution in [-0.2, 0) is 71.1 Å². The minimum Gasteiger partial charge on any atom is -0.469 e. The quantitative estimate of drug-likeness (QED) is 0.137. The molecule has 0 amide bonds. The number of aliphatic hydroxyl groups is 5. The number of rotatable bonds is 12. The molecule has 25 atom stereocenters. The third-order valence-electron chi connectivity index (χ3n) is 16.6. The Morgan fingerprint density at radius 3 is 1.88 bits per heavy atom. The lowest BCUT2D eigenvalue weighted by molar-refractivity contribution is -0.357. The first-order chi connectivity index (χ1) is 32.5. The second kappa shape index (κ2) is 20.5. The molecule has 68 heavy (non-hydrogen) atoms. The Morgan fingerprint density at radius 2 is 1.31 bits per heavy atom. The zero-order valence-corrected chi connectivity index (χ0v) is 40.4. The first-order valence-corrected chi connectivity index (χ1v) is 24.5. The van der Waals surface area contributed by atoms with E-state index in [2.05, 4.69) is 13.0 Å². The van der Waals surface area contributed by atoms with E-state index >= 15 is 0 Å². The smallest absolute Gasteiger partial charge is 0.309 e. The first kappa shape index (κ1) is 51.0. The highest BCUT2D eigenvalue weighted by atomic mass is 16.8. The largest absolute Gasteiger partial charge is 0.469 e. The van der Waals surface area contributed by atoms with E-state index in [0.29, 0.717) is 38.7 Å². The summed E-state index contributed by atoms with van der Waals surface area (Å²) in [6, 6.07) is 0. The maximum atomic E-state index is 13.8. The predicted molar refractivity (Wildman–Crippen MR) is 232 cm³/mol. The Balaban J connectivity index is 0.779. The summed E-state index contributed by atoms with van der Waals surface area (Å²) in [5.74, 6) is -1.48. The standard InChI is InChI=1S/C48H74O20/c1-21-42(66-36-15-31(56-7)43(22(2)61-36)67-37-16-32(57-8)44(23(3)62-37)68-46-41(53)40(52)39(51)33(18-49)65-46)30(55-6)14-35(60-21)63-29-13-25-10-11-26-27(47(25,4)17-28(29)50)12-9-24-19-58-48(5)38(24)34(20-59-48)64-45(26)54/h10,19,21-23,26-44,46,49-53H,9,11-18,20H2,1-8H3/t21-,22+,23-,26-,27+,28-,29-,30+,31+,32+,33-,34-,35+,36+,37+,38-,39-,40+,41-,42-,43-,44-,46+,47+,48+/m1/s1. The molecule has 0 unspecified atom stereocenters. The lowest BCUT2D eigenvalue weighted by atomic mass is 9.55. The van der Waals surface area contributed by atoms with Gasteiger partial charge in [0, 0.05) is 47.5 Å². The lowest BCUT2D eigenvalue weighted by Crippen LogP contribution is -2.62. The number of carbonyl (C=O) groups is 1. The molecule has 20 nitrogen and oxygen atoms in total. The molecule has 7 aliphatic heterocycles. The monoisotopic (exact) mass is 970 g/mol. The maximum Gasteiger partial charge on any atom is 0.309 e. The van der Waals surface area contributed by atoms with Crippen molar-refractivity contribution < 1.29 is 96.6 Å². The van der Waals surface area contributed by atoms with Gasteiger partial charge < -0.3 is 91.8 Å². The lowest BCUT2D eigenvalue weighted by Gasteiger charge is -2.52. The predicted octanol–water partition coefficient (Wildman–Crippen LogP) is 1.48. The molecule has 0 aromatic carbocycles. The summed E-state index contributed by atoms with van der Waals surface area (Å²) >= 11 is 0. The van der Waals surface area contributed by atoms with E-state index in [1.807, 2.05) is 20.8 Å². The van der Waals surface area contributed by atoms with Crippen molar-refractivity contribution in [3.63, 3.8) is 0 Å². The molecule has 7 heterocycles. The average molecular weight is 971 g/mol. The van der Waals surface area contributed by atoms with Crippen LogP contribution in [0.25, 0.3) is 0 Å². The van der Waals surface area contributed by atoms with Gasteiger partial charge in [0.15, 0.2) is 25.2 Å². The first-order valence-electron chi connectivity index (χ1n) is 24.5. The van der Waals surface area contributed by atoms with Crippen LogP contribution in [-0.4, -0.2) is 195 Å². The normalized spacial score (nSPS) is 51.7. The summed E-state index contributed by atoms with van der Waals surface area (Å²) < 4.78 is 86.3. The van der Waals surface area contributed by atoms with Gasteiger partial charge in [-0.3, -0.25) is 4.79 Å². The third-order valence-corrected chi connectivity index (χ3v) is 16.6. The van der Waals surface area contributed by atoms with Gasteiger partial charge in [0.1, 0.15) is 48.8 Å². The van der Waals surface area contributed by atoms with Gasteiger partial charge in [0.2, 0.25) is 5.79 Å². The number of ether oxygens (including phenoxy) is 14. The fourth-order valence-corrected chi connectivity index (χ4v) is 12.8. The number of carbonyl (C=O) groups excluding carboxylic acids is 1. The Hall–Kier alpha value is -1.93. The highest BCUT2D eigenvalue weighted by molar-refractivity contribution is 5.74. The van der Waals surface area contributed by atoms with Crippen LogP contribution in [0.15, 0.2) is 23.5 Å². The Labute approximate surface area is 397 Å². The Bertz CT molecular complexity index is 1820. The van der Waals surface area contributed by atoms with Crippen LogP contribution in [0.2, 0.25) is 0 Å². The highest BCUT2D eigenvalue weighted by Gasteiger charge is 2.59. The SMILES string of the molecule is CO[C@H]1C[C@H](O[C@H]2[C@@H](OC)C[C@H](O[C@@H]3CC4=CC[C@H]5C(=O)O[C@@H]6CO[C@]7(C)OC=C(CC[C@@H]5[C@@]4(C)C[C@H]3O)[C@H]67)O[C@@H]2C)O[C@@H](C)[C@H]1O[C@H]1C[C@H](OC)[C@H](O[C@@H]2O[C@H](CO)[C@@H](O)[C@H](O)[C@H]2O)[C@@H](C)O1. The summed E-state index contributed by atoms with van der Waals surface area (Å²) in [7, 11) is 4.74. The van der Waals surface area contributed by atoms with Crippen molar-refractivity contribution in [1.82, 2.24) is 0 Å². The van der Waals surface area contributed by atoms with Crippen molar-refractivity contribution >= 4 is 5.97 Å². The van der Waals surface area contributed by atoms with Crippen molar-refractivity contribution in [1.29, 1.82) is 0 Å². The van der Waals surface area contributed by atoms with Gasteiger partial charge in [-0.05, 0) is 69.8 Å². The van der Waals surface area contributed by atoms with Gasteiger partial charge in [-0.15, -0.1) is 0 Å². The van der Waals surface area contributed by atoms with Gasteiger partial charge in [0.25, 0.3) is 0 Å². The number of aliphatic hydroxyl groups excluding tert-OH is 5. The second-order valence-corrected chi connectivity index (χ2v) is 20.7. The summed E-state index contributed by atoms with van der Waals surface area (Å²) in [4.78, 5) is 13.8. The van der Waals surface area contributed by atoms with Crippen molar-refractivity contribution in [2.75, 3.05) is 34.5 Å². The number of fused-ring (bicyclic) bond motifs is 3. The molecule has 0 radical (unpaired) electrons.